The Morgan fingerprint density at radius 1 is 0.903 bits per heavy atom. The third kappa shape index (κ3) is 8.95. The lowest BCUT2D eigenvalue weighted by Gasteiger charge is -2.28. The first kappa shape index (κ1) is 25.9. The van der Waals surface area contributed by atoms with Crippen molar-refractivity contribution in [1.82, 2.24) is 0 Å². The van der Waals surface area contributed by atoms with E-state index >= 15 is 0 Å². The number of thiocarbonyl (C=S) groups is 3. The molecule has 0 heterocycles. The second-order valence-corrected chi connectivity index (χ2v) is 11.4. The largest absolute Gasteiger partial charge is 0.494 e. The van der Waals surface area contributed by atoms with Gasteiger partial charge in [-0.2, -0.15) is 0 Å². The maximum Gasteiger partial charge on any atom is 0.461 e. The summed E-state index contributed by atoms with van der Waals surface area (Å²) < 4.78 is 18.3. The fourth-order valence-electron chi connectivity index (χ4n) is 4.32. The van der Waals surface area contributed by atoms with E-state index < -0.39 is 8.56 Å². The van der Waals surface area contributed by atoms with Crippen LogP contribution in [0.25, 0.3) is 0 Å². The van der Waals surface area contributed by atoms with E-state index in [0.717, 1.165) is 30.9 Å². The van der Waals surface area contributed by atoms with E-state index in [-0.39, 0.29) is 0 Å². The molecule has 0 aromatic heterocycles. The molecule has 1 aromatic rings. The average molecular weight is 490 g/mol. The highest BCUT2D eigenvalue weighted by Crippen LogP contribution is 2.37. The molecule has 166 valence electrons. The summed E-state index contributed by atoms with van der Waals surface area (Å²) in [7, 11) is -2.76. The summed E-state index contributed by atoms with van der Waals surface area (Å²) in [4.78, 5) is 0. The standard InChI is InChI=1S/C23H31N3OS3Si/c1-2-6-20-7-9-21(10-8-20)22-11-13-23(14-12-22)27-15-4-3-5-16-31(24-17-28,25-18-29)26-19-30/h11-14,20-21H,2-10,15-16H2,1H3/t20-,21-. The Morgan fingerprint density at radius 3 is 2.06 bits per heavy atom. The highest BCUT2D eigenvalue weighted by molar-refractivity contribution is 7.78. The second kappa shape index (κ2) is 14.7. The molecule has 0 atom stereocenters. The molecule has 0 aliphatic heterocycles. The summed E-state index contributed by atoms with van der Waals surface area (Å²) in [6.45, 7) is 2.97. The van der Waals surface area contributed by atoms with Gasteiger partial charge in [-0.1, -0.05) is 44.7 Å². The Morgan fingerprint density at radius 2 is 1.52 bits per heavy atom. The molecular formula is C23H31N3OS3Si. The van der Waals surface area contributed by atoms with Gasteiger partial charge in [-0.3, -0.25) is 0 Å². The zero-order chi connectivity index (χ0) is 22.4. The van der Waals surface area contributed by atoms with Gasteiger partial charge in [-0.05, 0) is 98.3 Å². The van der Waals surface area contributed by atoms with Gasteiger partial charge in [-0.25, -0.2) is 14.0 Å². The number of hydrogen-bond donors (Lipinski definition) is 0. The van der Waals surface area contributed by atoms with Crippen LogP contribution in [0, 0.1) is 5.92 Å². The number of rotatable bonds is 13. The van der Waals surface area contributed by atoms with Crippen LogP contribution in [0.4, 0.5) is 0 Å². The fourth-order valence-corrected chi connectivity index (χ4v) is 7.29. The summed E-state index contributed by atoms with van der Waals surface area (Å²) in [5.41, 5.74) is 1.46. The van der Waals surface area contributed by atoms with E-state index in [4.69, 9.17) is 41.4 Å². The predicted octanol–water partition coefficient (Wildman–Crippen LogP) is 7.56. The number of unbranched alkanes of at least 4 members (excludes halogenated alkanes) is 2. The first-order chi connectivity index (χ1) is 15.2. The van der Waals surface area contributed by atoms with Crippen molar-refractivity contribution in [2.45, 2.75) is 76.7 Å². The highest BCUT2D eigenvalue weighted by atomic mass is 32.1. The van der Waals surface area contributed by atoms with Gasteiger partial charge < -0.3 is 4.74 Å². The van der Waals surface area contributed by atoms with Crippen LogP contribution in [0.15, 0.2) is 38.2 Å². The van der Waals surface area contributed by atoms with Crippen LogP contribution in [-0.2, 0) is 0 Å². The van der Waals surface area contributed by atoms with Gasteiger partial charge in [0.2, 0.25) is 0 Å². The quantitative estimate of drug-likeness (QED) is 0.124. The van der Waals surface area contributed by atoms with E-state index in [9.17, 15) is 0 Å². The first-order valence-electron chi connectivity index (χ1n) is 11.2. The SMILES string of the molecule is CCC[C@H]1CC[C@H](c2ccc(OCCCCC[Si](N=C=S)(N=C=S)N=C=S)cc2)CC1. The van der Waals surface area contributed by atoms with Crippen molar-refractivity contribution < 1.29 is 4.74 Å². The Kier molecular flexibility index (Phi) is 12.2. The molecular weight excluding hydrogens is 459 g/mol. The minimum atomic E-state index is -2.76. The maximum atomic E-state index is 5.93. The minimum Gasteiger partial charge on any atom is -0.494 e. The van der Waals surface area contributed by atoms with Crippen LogP contribution in [0.2, 0.25) is 6.04 Å². The molecule has 0 saturated heterocycles. The summed E-state index contributed by atoms with van der Waals surface area (Å²) in [5.74, 6) is 2.60. The van der Waals surface area contributed by atoms with E-state index in [0.29, 0.717) is 18.6 Å². The Balaban J connectivity index is 1.71. The van der Waals surface area contributed by atoms with Crippen molar-refractivity contribution in [1.29, 1.82) is 0 Å². The van der Waals surface area contributed by atoms with Crippen LogP contribution in [-0.4, -0.2) is 30.6 Å². The van der Waals surface area contributed by atoms with Crippen molar-refractivity contribution in [2.24, 2.45) is 19.9 Å². The van der Waals surface area contributed by atoms with Crippen LogP contribution < -0.4 is 4.74 Å². The predicted molar refractivity (Wildman–Crippen MR) is 141 cm³/mol. The summed E-state index contributed by atoms with van der Waals surface area (Å²) >= 11 is 14.2. The van der Waals surface area contributed by atoms with Crippen molar-refractivity contribution in [2.75, 3.05) is 6.61 Å². The molecule has 0 amide bonds. The summed E-state index contributed by atoms with van der Waals surface area (Å²) in [6.07, 6.45) is 10.9. The molecule has 0 unspecified atom stereocenters. The lowest BCUT2D eigenvalue weighted by molar-refractivity contribution is 0.303. The van der Waals surface area contributed by atoms with Gasteiger partial charge in [-0.15, -0.1) is 0 Å². The molecule has 1 aromatic carbocycles. The Labute approximate surface area is 203 Å². The van der Waals surface area contributed by atoms with Crippen LogP contribution in [0.3, 0.4) is 0 Å². The van der Waals surface area contributed by atoms with Crippen molar-refractivity contribution in [3.05, 3.63) is 29.8 Å². The molecule has 0 radical (unpaired) electrons. The molecule has 0 N–H and O–H groups in total. The zero-order valence-electron chi connectivity index (χ0n) is 18.2. The van der Waals surface area contributed by atoms with E-state index in [2.05, 4.69) is 60.6 Å². The van der Waals surface area contributed by atoms with Crippen molar-refractivity contribution in [3.63, 3.8) is 0 Å². The summed E-state index contributed by atoms with van der Waals surface area (Å²) in [6, 6.07) is 9.38. The molecule has 4 nitrogen and oxygen atoms in total. The Bertz CT molecular complexity index is 775. The lowest BCUT2D eigenvalue weighted by atomic mass is 9.77. The Hall–Kier alpha value is -1.36. The molecule has 1 saturated carbocycles. The monoisotopic (exact) mass is 489 g/mol. The maximum absolute atomic E-state index is 5.93. The molecule has 31 heavy (non-hydrogen) atoms. The van der Waals surface area contributed by atoms with E-state index in [1.54, 1.807) is 0 Å². The molecule has 1 aliphatic rings. The topological polar surface area (TPSA) is 46.3 Å². The van der Waals surface area contributed by atoms with Gasteiger partial charge in [0.05, 0.1) is 22.1 Å². The highest BCUT2D eigenvalue weighted by Gasteiger charge is 2.33. The zero-order valence-corrected chi connectivity index (χ0v) is 21.7. The van der Waals surface area contributed by atoms with Crippen molar-refractivity contribution in [3.8, 4) is 5.75 Å². The molecule has 0 bridgehead atoms. The minimum absolute atomic E-state index is 0.666. The number of hydrogen-bond acceptors (Lipinski definition) is 7. The lowest BCUT2D eigenvalue weighted by Crippen LogP contribution is -2.27. The van der Waals surface area contributed by atoms with E-state index in [1.807, 2.05) is 0 Å². The molecule has 8 heteroatoms. The molecule has 2 rings (SSSR count). The van der Waals surface area contributed by atoms with Crippen LogP contribution in [0.1, 0.15) is 76.2 Å². The number of nitrogens with zero attached hydrogens (tertiary/aromatic N) is 3. The van der Waals surface area contributed by atoms with Gasteiger partial charge >= 0.3 is 8.56 Å². The number of isothiocyanates is 3. The number of ether oxygens (including phenoxy) is 1. The second-order valence-electron chi connectivity index (χ2n) is 8.12. The summed E-state index contributed by atoms with van der Waals surface area (Å²) in [5, 5.41) is 7.12. The fraction of sp³-hybridized carbons (Fsp3) is 0.609. The van der Waals surface area contributed by atoms with Gasteiger partial charge in [0, 0.05) is 6.04 Å². The van der Waals surface area contributed by atoms with Gasteiger partial charge in [0.1, 0.15) is 5.75 Å². The average Bonchev–Trinajstić information content (AvgIpc) is 2.78. The molecule has 0 spiro atoms. The normalized spacial score (nSPS) is 19.8. The van der Waals surface area contributed by atoms with Gasteiger partial charge in [0.25, 0.3) is 0 Å². The molecule has 1 fully saturated rings. The van der Waals surface area contributed by atoms with E-state index in [1.165, 1.54) is 44.1 Å². The first-order valence-corrected chi connectivity index (χ1v) is 14.4. The third-order valence-corrected chi connectivity index (χ3v) is 9.19. The van der Waals surface area contributed by atoms with Crippen LogP contribution in [0.5, 0.6) is 5.75 Å². The van der Waals surface area contributed by atoms with Crippen molar-refractivity contribution >= 4 is 60.7 Å². The molecule has 1 aliphatic carbocycles. The van der Waals surface area contributed by atoms with Crippen LogP contribution >= 0.6 is 36.7 Å². The number of benzene rings is 1. The smallest absolute Gasteiger partial charge is 0.461 e. The third-order valence-electron chi connectivity index (χ3n) is 5.99. The van der Waals surface area contributed by atoms with Gasteiger partial charge in [0.15, 0.2) is 0 Å².